The van der Waals surface area contributed by atoms with Crippen LogP contribution in [0.15, 0.2) is 0 Å². The van der Waals surface area contributed by atoms with Crippen LogP contribution in [0.3, 0.4) is 0 Å². The molecule has 0 aliphatic carbocycles. The maximum atomic E-state index is 11.5. The van der Waals surface area contributed by atoms with Gasteiger partial charge in [0.25, 0.3) is 0 Å². The third-order valence-corrected chi connectivity index (χ3v) is 4.89. The minimum Gasteiger partial charge on any atom is -0.319 e. The molecule has 0 aromatic rings. The van der Waals surface area contributed by atoms with Crippen LogP contribution < -0.4 is 10.0 Å². The fourth-order valence-electron chi connectivity index (χ4n) is 2.31. The molecule has 6 heteroatoms. The van der Waals surface area contributed by atoms with Crippen LogP contribution in [0.4, 0.5) is 0 Å². The van der Waals surface area contributed by atoms with E-state index in [1.807, 2.05) is 0 Å². The number of hydrogen-bond donors (Lipinski definition) is 2. The summed E-state index contributed by atoms with van der Waals surface area (Å²) in [5.41, 5.74) is 0. The van der Waals surface area contributed by atoms with Gasteiger partial charge in [-0.3, -0.25) is 0 Å². The number of hydrogen-bond acceptors (Lipinski definition) is 4. The zero-order valence-electron chi connectivity index (χ0n) is 11.6. The molecule has 1 fully saturated rings. The molecule has 0 aromatic heterocycles. The van der Waals surface area contributed by atoms with Gasteiger partial charge in [0.1, 0.15) is 0 Å². The number of likely N-dealkylation sites (tertiary alicyclic amines) is 1. The van der Waals surface area contributed by atoms with Gasteiger partial charge >= 0.3 is 0 Å². The molecule has 2 N–H and O–H groups in total. The van der Waals surface area contributed by atoms with E-state index < -0.39 is 10.0 Å². The van der Waals surface area contributed by atoms with Crippen molar-refractivity contribution >= 4 is 10.0 Å². The van der Waals surface area contributed by atoms with E-state index in [1.54, 1.807) is 7.05 Å². The van der Waals surface area contributed by atoms with Crippen molar-refractivity contribution in [2.24, 2.45) is 0 Å². The van der Waals surface area contributed by atoms with Crippen LogP contribution in [0.2, 0.25) is 0 Å². The van der Waals surface area contributed by atoms with E-state index in [1.165, 1.54) is 19.3 Å². The maximum absolute atomic E-state index is 11.5. The first-order valence-corrected chi connectivity index (χ1v) is 8.56. The zero-order chi connectivity index (χ0) is 13.4. The van der Waals surface area contributed by atoms with Gasteiger partial charge < -0.3 is 10.2 Å². The summed E-state index contributed by atoms with van der Waals surface area (Å²) >= 11 is 0. The molecule has 0 bridgehead atoms. The molecule has 0 amide bonds. The molecule has 0 radical (unpaired) electrons. The average molecular weight is 277 g/mol. The Hall–Kier alpha value is -0.170. The van der Waals surface area contributed by atoms with Crippen molar-refractivity contribution in [2.45, 2.75) is 38.6 Å². The Kier molecular flexibility index (Phi) is 7.14. The van der Waals surface area contributed by atoms with Crippen LogP contribution in [-0.4, -0.2) is 58.3 Å². The number of rotatable bonds is 8. The van der Waals surface area contributed by atoms with Crippen LogP contribution in [0.25, 0.3) is 0 Å². The highest BCUT2D eigenvalue weighted by Crippen LogP contribution is 2.15. The normalized spacial score (nSPS) is 22.2. The summed E-state index contributed by atoms with van der Waals surface area (Å²) < 4.78 is 25.7. The SMILES string of the molecule is CNCCS(=O)(=O)NCCCN1CCCCC1C. The van der Waals surface area contributed by atoms with E-state index in [4.69, 9.17) is 0 Å². The summed E-state index contributed by atoms with van der Waals surface area (Å²) in [4.78, 5) is 2.46. The lowest BCUT2D eigenvalue weighted by molar-refractivity contribution is 0.159. The van der Waals surface area contributed by atoms with E-state index in [-0.39, 0.29) is 5.75 Å². The molecule has 18 heavy (non-hydrogen) atoms. The van der Waals surface area contributed by atoms with Crippen molar-refractivity contribution in [3.63, 3.8) is 0 Å². The Morgan fingerprint density at radius 1 is 1.28 bits per heavy atom. The molecule has 1 unspecified atom stereocenters. The zero-order valence-corrected chi connectivity index (χ0v) is 12.4. The van der Waals surface area contributed by atoms with Crippen molar-refractivity contribution in [1.29, 1.82) is 0 Å². The Labute approximate surface area is 111 Å². The predicted octanol–water partition coefficient (Wildman–Crippen LogP) is 0.390. The van der Waals surface area contributed by atoms with Gasteiger partial charge in [0.2, 0.25) is 10.0 Å². The highest BCUT2D eigenvalue weighted by atomic mass is 32.2. The van der Waals surface area contributed by atoms with E-state index in [0.717, 1.165) is 19.5 Å². The molecule has 1 atom stereocenters. The van der Waals surface area contributed by atoms with Gasteiger partial charge in [-0.1, -0.05) is 6.42 Å². The van der Waals surface area contributed by atoms with Gasteiger partial charge in [-0.15, -0.1) is 0 Å². The summed E-state index contributed by atoms with van der Waals surface area (Å²) in [6, 6.07) is 0.652. The Morgan fingerprint density at radius 2 is 2.06 bits per heavy atom. The topological polar surface area (TPSA) is 61.4 Å². The smallest absolute Gasteiger partial charge is 0.212 e. The van der Waals surface area contributed by atoms with Crippen molar-refractivity contribution in [1.82, 2.24) is 14.9 Å². The number of nitrogens with zero attached hydrogens (tertiary/aromatic N) is 1. The molecule has 0 saturated carbocycles. The molecule has 0 spiro atoms. The Morgan fingerprint density at radius 3 is 2.72 bits per heavy atom. The van der Waals surface area contributed by atoms with Crippen molar-refractivity contribution < 1.29 is 8.42 Å². The van der Waals surface area contributed by atoms with Crippen molar-refractivity contribution in [3.8, 4) is 0 Å². The molecule has 1 heterocycles. The summed E-state index contributed by atoms with van der Waals surface area (Å²) in [6.07, 6.45) is 4.77. The van der Waals surface area contributed by atoms with Crippen LogP contribution in [-0.2, 0) is 10.0 Å². The second-order valence-electron chi connectivity index (χ2n) is 5.05. The predicted molar refractivity (Wildman–Crippen MR) is 75.2 cm³/mol. The summed E-state index contributed by atoms with van der Waals surface area (Å²) in [6.45, 7) is 5.47. The number of piperidine rings is 1. The van der Waals surface area contributed by atoms with E-state index in [0.29, 0.717) is 19.1 Å². The molecule has 1 rings (SSSR count). The fraction of sp³-hybridized carbons (Fsp3) is 1.00. The van der Waals surface area contributed by atoms with Gasteiger partial charge in [-0.05, 0) is 46.3 Å². The first-order valence-electron chi connectivity index (χ1n) is 6.91. The quantitative estimate of drug-likeness (QED) is 0.630. The highest BCUT2D eigenvalue weighted by Gasteiger charge is 2.17. The number of nitrogens with one attached hydrogen (secondary N) is 2. The van der Waals surface area contributed by atoms with Crippen LogP contribution in [0, 0.1) is 0 Å². The number of sulfonamides is 1. The minimum absolute atomic E-state index is 0.156. The molecule has 1 aliphatic rings. The van der Waals surface area contributed by atoms with Crippen LogP contribution in [0.5, 0.6) is 0 Å². The van der Waals surface area contributed by atoms with Gasteiger partial charge in [0.05, 0.1) is 5.75 Å². The van der Waals surface area contributed by atoms with E-state index >= 15 is 0 Å². The van der Waals surface area contributed by atoms with E-state index in [2.05, 4.69) is 21.9 Å². The second kappa shape index (κ2) is 8.09. The molecule has 108 valence electrons. The minimum atomic E-state index is -3.09. The molecular weight excluding hydrogens is 250 g/mol. The fourth-order valence-corrected chi connectivity index (χ4v) is 3.38. The summed E-state index contributed by atoms with van der Waals surface area (Å²) in [7, 11) is -1.33. The largest absolute Gasteiger partial charge is 0.319 e. The lowest BCUT2D eigenvalue weighted by Crippen LogP contribution is -2.39. The molecule has 1 saturated heterocycles. The molecule has 1 aliphatic heterocycles. The molecular formula is C12H27N3O2S. The van der Waals surface area contributed by atoms with Gasteiger partial charge in [-0.25, -0.2) is 13.1 Å². The third kappa shape index (κ3) is 6.13. The summed E-state index contributed by atoms with van der Waals surface area (Å²) in [5, 5.41) is 2.84. The third-order valence-electron chi connectivity index (χ3n) is 3.51. The van der Waals surface area contributed by atoms with Gasteiger partial charge in [0, 0.05) is 19.1 Å². The first kappa shape index (κ1) is 15.9. The lowest BCUT2D eigenvalue weighted by atomic mass is 10.0. The van der Waals surface area contributed by atoms with Crippen LogP contribution in [0.1, 0.15) is 32.6 Å². The standard InChI is InChI=1S/C12H27N3O2S/c1-12-6-3-4-9-15(12)10-5-7-14-18(16,17)11-8-13-2/h12-14H,3-11H2,1-2H3. The Balaban J connectivity index is 2.14. The lowest BCUT2D eigenvalue weighted by Gasteiger charge is -2.33. The summed E-state index contributed by atoms with van der Waals surface area (Å²) in [5.74, 6) is 0.156. The molecule has 0 aromatic carbocycles. The first-order chi connectivity index (χ1) is 8.55. The van der Waals surface area contributed by atoms with Crippen molar-refractivity contribution in [3.05, 3.63) is 0 Å². The highest BCUT2D eigenvalue weighted by molar-refractivity contribution is 7.89. The van der Waals surface area contributed by atoms with E-state index in [9.17, 15) is 8.42 Å². The van der Waals surface area contributed by atoms with Gasteiger partial charge in [0.15, 0.2) is 0 Å². The Bertz CT molecular complexity index is 319. The maximum Gasteiger partial charge on any atom is 0.212 e. The second-order valence-corrected chi connectivity index (χ2v) is 6.98. The average Bonchev–Trinajstić information content (AvgIpc) is 2.34. The molecule has 5 nitrogen and oxygen atoms in total. The van der Waals surface area contributed by atoms with Crippen molar-refractivity contribution in [2.75, 3.05) is 39.0 Å². The monoisotopic (exact) mass is 277 g/mol. The van der Waals surface area contributed by atoms with Crippen LogP contribution >= 0.6 is 0 Å². The van der Waals surface area contributed by atoms with Gasteiger partial charge in [-0.2, -0.15) is 0 Å².